The van der Waals surface area contributed by atoms with Gasteiger partial charge in [0.05, 0.1) is 19.7 Å². The molecule has 22 heavy (non-hydrogen) atoms. The first-order valence-corrected chi connectivity index (χ1v) is 7.63. The molecule has 0 atom stereocenters. The Morgan fingerprint density at radius 2 is 2.27 bits per heavy atom. The van der Waals surface area contributed by atoms with Crippen molar-refractivity contribution >= 4 is 11.6 Å². The molecule has 3 rings (SSSR count). The Balaban J connectivity index is 1.67. The summed E-state index contributed by atoms with van der Waals surface area (Å²) in [4.78, 5) is 25.9. The number of carbonyl (C=O) groups excluding carboxylic acids is 1. The second-order valence-corrected chi connectivity index (χ2v) is 5.44. The van der Waals surface area contributed by atoms with Crippen molar-refractivity contribution in [3.05, 3.63) is 34.9 Å². The number of aromatic nitrogens is 3. The van der Waals surface area contributed by atoms with Crippen LogP contribution in [-0.2, 0) is 16.1 Å². The van der Waals surface area contributed by atoms with Gasteiger partial charge in [-0.2, -0.15) is 0 Å². The number of fused-ring (bicyclic) bond motifs is 1. The summed E-state index contributed by atoms with van der Waals surface area (Å²) >= 11 is 0. The van der Waals surface area contributed by atoms with Crippen molar-refractivity contribution in [3.8, 4) is 0 Å². The second kappa shape index (κ2) is 6.31. The molecular formula is C15H20N4O3. The van der Waals surface area contributed by atoms with Gasteiger partial charge in [-0.1, -0.05) is 6.07 Å². The fraction of sp³-hybridized carbons (Fsp3) is 0.533. The zero-order chi connectivity index (χ0) is 15.5. The molecule has 7 nitrogen and oxygen atoms in total. The topological polar surface area (TPSA) is 68.8 Å². The van der Waals surface area contributed by atoms with Crippen LogP contribution in [0.2, 0.25) is 0 Å². The molecule has 2 aromatic heterocycles. The van der Waals surface area contributed by atoms with Gasteiger partial charge in [0.1, 0.15) is 0 Å². The van der Waals surface area contributed by atoms with Gasteiger partial charge in [0, 0.05) is 18.8 Å². The van der Waals surface area contributed by atoms with Gasteiger partial charge >= 0.3 is 11.7 Å². The van der Waals surface area contributed by atoms with Gasteiger partial charge in [-0.3, -0.25) is 14.1 Å². The molecule has 1 aliphatic rings. The molecule has 2 heterocycles. The van der Waals surface area contributed by atoms with E-state index in [1.54, 1.807) is 25.3 Å². The molecule has 118 valence electrons. The third kappa shape index (κ3) is 3.19. The van der Waals surface area contributed by atoms with Crippen molar-refractivity contribution in [2.45, 2.75) is 32.4 Å². The van der Waals surface area contributed by atoms with Gasteiger partial charge < -0.3 is 4.74 Å². The second-order valence-electron chi connectivity index (χ2n) is 5.44. The lowest BCUT2D eigenvalue weighted by Crippen LogP contribution is -2.37. The van der Waals surface area contributed by atoms with E-state index in [1.807, 2.05) is 6.07 Å². The van der Waals surface area contributed by atoms with Crippen LogP contribution in [0.3, 0.4) is 0 Å². The molecular weight excluding hydrogens is 284 g/mol. The molecule has 0 aromatic carbocycles. The number of ether oxygens (including phenoxy) is 1. The average Bonchev–Trinajstić information content (AvgIpc) is 3.30. The molecule has 7 heteroatoms. The molecule has 0 saturated heterocycles. The van der Waals surface area contributed by atoms with Crippen LogP contribution >= 0.6 is 0 Å². The number of esters is 1. The van der Waals surface area contributed by atoms with E-state index in [0.717, 1.165) is 12.8 Å². The van der Waals surface area contributed by atoms with Crippen LogP contribution in [-0.4, -0.2) is 50.8 Å². The molecule has 1 aliphatic carbocycles. The normalized spacial score (nSPS) is 14.6. The molecule has 0 N–H and O–H groups in total. The van der Waals surface area contributed by atoms with Crippen molar-refractivity contribution < 1.29 is 9.53 Å². The van der Waals surface area contributed by atoms with Gasteiger partial charge in [0.25, 0.3) is 0 Å². The monoisotopic (exact) mass is 304 g/mol. The minimum atomic E-state index is -0.211. The highest BCUT2D eigenvalue weighted by atomic mass is 16.5. The van der Waals surface area contributed by atoms with E-state index in [4.69, 9.17) is 4.74 Å². The third-order valence-corrected chi connectivity index (χ3v) is 3.79. The standard InChI is InChI=1S/C15H20N4O3/c1-2-22-14(20)11-17(12-6-7-12)9-10-19-15(21)18-8-4-3-5-13(18)16-19/h3-5,8,12H,2,6-7,9-11H2,1H3. The summed E-state index contributed by atoms with van der Waals surface area (Å²) in [5, 5.41) is 4.30. The summed E-state index contributed by atoms with van der Waals surface area (Å²) in [6.45, 7) is 3.56. The summed E-state index contributed by atoms with van der Waals surface area (Å²) in [6, 6.07) is 5.88. The van der Waals surface area contributed by atoms with Crippen molar-refractivity contribution in [3.63, 3.8) is 0 Å². The van der Waals surface area contributed by atoms with E-state index >= 15 is 0 Å². The Morgan fingerprint density at radius 3 is 2.95 bits per heavy atom. The molecule has 0 unspecified atom stereocenters. The Hall–Kier alpha value is -2.15. The van der Waals surface area contributed by atoms with Crippen LogP contribution < -0.4 is 5.69 Å². The van der Waals surface area contributed by atoms with Crippen LogP contribution in [0, 0.1) is 0 Å². The predicted octanol–water partition coefficient (Wildman–Crippen LogP) is 0.523. The van der Waals surface area contributed by atoms with E-state index in [9.17, 15) is 9.59 Å². The summed E-state index contributed by atoms with van der Waals surface area (Å²) in [7, 11) is 0. The molecule has 0 spiro atoms. The maximum absolute atomic E-state index is 12.2. The molecule has 0 bridgehead atoms. The smallest absolute Gasteiger partial charge is 0.350 e. The summed E-state index contributed by atoms with van der Waals surface area (Å²) in [5.41, 5.74) is 0.485. The fourth-order valence-corrected chi connectivity index (χ4v) is 2.54. The molecule has 2 aromatic rings. The first kappa shape index (κ1) is 14.8. The predicted molar refractivity (Wildman–Crippen MR) is 80.7 cm³/mol. The fourth-order valence-electron chi connectivity index (χ4n) is 2.54. The Kier molecular flexibility index (Phi) is 4.24. The van der Waals surface area contributed by atoms with Crippen LogP contribution in [0.4, 0.5) is 0 Å². The first-order chi connectivity index (χ1) is 10.7. The van der Waals surface area contributed by atoms with E-state index in [-0.39, 0.29) is 18.2 Å². The Bertz CT molecular complexity index is 717. The maximum atomic E-state index is 12.2. The maximum Gasteiger partial charge on any atom is 0.350 e. The Labute approximate surface area is 128 Å². The van der Waals surface area contributed by atoms with Crippen molar-refractivity contribution in [1.82, 2.24) is 19.1 Å². The number of pyridine rings is 1. The molecule has 0 amide bonds. The van der Waals surface area contributed by atoms with Crippen LogP contribution in [0.1, 0.15) is 19.8 Å². The molecule has 1 fully saturated rings. The minimum Gasteiger partial charge on any atom is -0.465 e. The number of nitrogens with zero attached hydrogens (tertiary/aromatic N) is 4. The van der Waals surface area contributed by atoms with Gasteiger partial charge in [0.2, 0.25) is 0 Å². The Morgan fingerprint density at radius 1 is 1.45 bits per heavy atom. The highest BCUT2D eigenvalue weighted by molar-refractivity contribution is 5.71. The number of hydrogen-bond donors (Lipinski definition) is 0. The lowest BCUT2D eigenvalue weighted by molar-refractivity contribution is -0.144. The molecule has 0 radical (unpaired) electrons. The van der Waals surface area contributed by atoms with Gasteiger partial charge in [-0.25, -0.2) is 9.48 Å². The number of rotatable bonds is 7. The lowest BCUT2D eigenvalue weighted by atomic mass is 10.4. The van der Waals surface area contributed by atoms with Gasteiger partial charge in [0.15, 0.2) is 5.65 Å². The first-order valence-electron chi connectivity index (χ1n) is 7.63. The highest BCUT2D eigenvalue weighted by Gasteiger charge is 2.30. The average molecular weight is 304 g/mol. The van der Waals surface area contributed by atoms with Crippen molar-refractivity contribution in [2.24, 2.45) is 0 Å². The summed E-state index contributed by atoms with van der Waals surface area (Å²) < 4.78 is 7.98. The van der Waals surface area contributed by atoms with E-state index < -0.39 is 0 Å². The van der Waals surface area contributed by atoms with Crippen LogP contribution in [0.5, 0.6) is 0 Å². The SMILES string of the molecule is CCOC(=O)CN(CCn1nc2ccccn2c1=O)C1CC1. The zero-order valence-electron chi connectivity index (χ0n) is 12.6. The van der Waals surface area contributed by atoms with E-state index in [0.29, 0.717) is 31.4 Å². The van der Waals surface area contributed by atoms with Crippen molar-refractivity contribution in [1.29, 1.82) is 0 Å². The van der Waals surface area contributed by atoms with Crippen molar-refractivity contribution in [2.75, 3.05) is 19.7 Å². The quantitative estimate of drug-likeness (QED) is 0.698. The summed E-state index contributed by atoms with van der Waals surface area (Å²) in [5.74, 6) is -0.211. The number of carbonyl (C=O) groups is 1. The lowest BCUT2D eigenvalue weighted by Gasteiger charge is -2.20. The highest BCUT2D eigenvalue weighted by Crippen LogP contribution is 2.26. The van der Waals surface area contributed by atoms with E-state index in [2.05, 4.69) is 10.00 Å². The molecule has 1 saturated carbocycles. The van der Waals surface area contributed by atoms with Gasteiger partial charge in [-0.15, -0.1) is 5.10 Å². The minimum absolute atomic E-state index is 0.150. The van der Waals surface area contributed by atoms with Crippen LogP contribution in [0.25, 0.3) is 5.65 Å². The zero-order valence-corrected chi connectivity index (χ0v) is 12.6. The largest absolute Gasteiger partial charge is 0.465 e. The van der Waals surface area contributed by atoms with Gasteiger partial charge in [-0.05, 0) is 31.9 Å². The number of hydrogen-bond acceptors (Lipinski definition) is 5. The van der Waals surface area contributed by atoms with Crippen LogP contribution in [0.15, 0.2) is 29.2 Å². The molecule has 0 aliphatic heterocycles. The van der Waals surface area contributed by atoms with E-state index in [1.165, 1.54) is 9.08 Å². The third-order valence-electron chi connectivity index (χ3n) is 3.79. The summed E-state index contributed by atoms with van der Waals surface area (Å²) in [6.07, 6.45) is 3.90.